The van der Waals surface area contributed by atoms with Crippen LogP contribution in [0.5, 0.6) is 0 Å². The van der Waals surface area contributed by atoms with Crippen LogP contribution < -0.4 is 0 Å². The van der Waals surface area contributed by atoms with E-state index in [0.717, 1.165) is 19.3 Å². The number of carboxylic acid groups (broad SMARTS) is 4. The third kappa shape index (κ3) is 44.0. The molecule has 0 aliphatic carbocycles. The molecule has 0 radical (unpaired) electrons. The Kier molecular flexibility index (Phi) is 23.1. The third-order valence-corrected chi connectivity index (χ3v) is 1.50. The monoisotopic (exact) mass is 302 g/mol. The van der Waals surface area contributed by atoms with Crippen molar-refractivity contribution in [3.8, 4) is 0 Å². The van der Waals surface area contributed by atoms with Crippen molar-refractivity contribution in [2.45, 2.75) is 39.2 Å². The molecule has 0 saturated carbocycles. The molecule has 0 aromatic heterocycles. The lowest BCUT2D eigenvalue weighted by Gasteiger charge is -2.12. The van der Waals surface area contributed by atoms with Gasteiger partial charge in [-0.3, -0.25) is 5.26 Å². The van der Waals surface area contributed by atoms with E-state index in [1.165, 1.54) is 0 Å². The second-order valence-corrected chi connectivity index (χ2v) is 3.16. The van der Waals surface area contributed by atoms with Crippen LogP contribution in [0.2, 0.25) is 0 Å². The van der Waals surface area contributed by atoms with Crippen LogP contribution in [-0.2, 0) is 14.7 Å². The molecule has 5 N–H and O–H groups in total. The zero-order valence-electron chi connectivity index (χ0n) is 11.4. The molecule has 0 bridgehead atoms. The topological polar surface area (TPSA) is 163 Å². The fourth-order valence-electron chi connectivity index (χ4n) is 0.644. The van der Waals surface area contributed by atoms with Crippen LogP contribution in [0, 0.1) is 0 Å². The van der Waals surface area contributed by atoms with E-state index in [-0.39, 0.29) is 12.7 Å². The summed E-state index contributed by atoms with van der Waals surface area (Å²) in [5.41, 5.74) is 0. The summed E-state index contributed by atoms with van der Waals surface area (Å²) in [7, 11) is 0. The van der Waals surface area contributed by atoms with Gasteiger partial charge in [-0.2, -0.15) is 0 Å². The number of carbonyl (C=O) groups is 2. The summed E-state index contributed by atoms with van der Waals surface area (Å²) in [6.07, 6.45) is -1.02. The molecule has 0 spiro atoms. The van der Waals surface area contributed by atoms with Gasteiger partial charge in [0.1, 0.15) is 12.7 Å². The summed E-state index contributed by atoms with van der Waals surface area (Å²) in [6, 6.07) is 0. The normalized spacial score (nSPS) is 10.3. The minimum Gasteiger partial charge on any atom is -0.450 e. The number of hydrogen-bond acceptors (Lipinski definition) is 6. The van der Waals surface area contributed by atoms with E-state index in [9.17, 15) is 0 Å². The molecule has 122 valence electrons. The van der Waals surface area contributed by atoms with Crippen LogP contribution in [-0.4, -0.2) is 57.3 Å². The SMILES string of the molecule is CCCCOOC(CC)COO.O=C(O)O.O=C(O)O. The molecule has 0 saturated heterocycles. The Labute approximate surface area is 116 Å². The Morgan fingerprint density at radius 3 is 1.80 bits per heavy atom. The highest BCUT2D eigenvalue weighted by Gasteiger charge is 2.06. The summed E-state index contributed by atoms with van der Waals surface area (Å²) in [4.78, 5) is 30.9. The van der Waals surface area contributed by atoms with E-state index in [2.05, 4.69) is 11.8 Å². The van der Waals surface area contributed by atoms with Crippen molar-refractivity contribution in [1.29, 1.82) is 0 Å². The first-order valence-corrected chi connectivity index (χ1v) is 5.70. The molecular weight excluding hydrogens is 280 g/mol. The Bertz CT molecular complexity index is 200. The van der Waals surface area contributed by atoms with Crippen LogP contribution in [0.1, 0.15) is 33.1 Å². The zero-order valence-corrected chi connectivity index (χ0v) is 11.4. The van der Waals surface area contributed by atoms with E-state index in [0.29, 0.717) is 6.61 Å². The fourth-order valence-corrected chi connectivity index (χ4v) is 0.644. The van der Waals surface area contributed by atoms with Crippen LogP contribution in [0.4, 0.5) is 9.59 Å². The van der Waals surface area contributed by atoms with Gasteiger partial charge in [-0.15, -0.1) is 0 Å². The molecule has 0 rings (SSSR count). The third-order valence-electron chi connectivity index (χ3n) is 1.50. The fraction of sp³-hybridized carbons (Fsp3) is 0.800. The Morgan fingerprint density at radius 2 is 1.50 bits per heavy atom. The average Bonchev–Trinajstić information content (AvgIpc) is 2.31. The molecule has 20 heavy (non-hydrogen) atoms. The molecule has 1 atom stereocenters. The first kappa shape index (κ1) is 23.5. The molecular formula is C10H22O10. The summed E-state index contributed by atoms with van der Waals surface area (Å²) < 4.78 is 0. The van der Waals surface area contributed by atoms with Crippen LogP contribution in [0.15, 0.2) is 0 Å². The first-order valence-electron chi connectivity index (χ1n) is 5.70. The van der Waals surface area contributed by atoms with E-state index < -0.39 is 12.3 Å². The van der Waals surface area contributed by atoms with Gasteiger partial charge in [0.15, 0.2) is 0 Å². The standard InChI is InChI=1S/C8H18O4.2CH2O3/c1-3-5-6-11-12-8(4-2)7-10-9;2*2-1(3)4/h8-9H,3-7H2,1-2H3;2*(H2,2,3,4). The summed E-state index contributed by atoms with van der Waals surface area (Å²) in [5, 5.41) is 36.0. The number of hydrogen-bond donors (Lipinski definition) is 5. The second kappa shape index (κ2) is 19.7. The Balaban J connectivity index is -0.000000297. The zero-order chi connectivity index (χ0) is 16.4. The lowest BCUT2D eigenvalue weighted by Crippen LogP contribution is -2.18. The Morgan fingerprint density at radius 1 is 1.05 bits per heavy atom. The van der Waals surface area contributed by atoms with Crippen LogP contribution in [0.25, 0.3) is 0 Å². The van der Waals surface area contributed by atoms with Gasteiger partial charge in [0.05, 0.1) is 6.61 Å². The molecule has 1 unspecified atom stereocenters. The smallest absolute Gasteiger partial charge is 0.450 e. The first-order chi connectivity index (χ1) is 9.31. The summed E-state index contributed by atoms with van der Waals surface area (Å²) in [6.45, 7) is 4.77. The lowest BCUT2D eigenvalue weighted by atomic mass is 10.3. The van der Waals surface area contributed by atoms with Crippen molar-refractivity contribution >= 4 is 12.3 Å². The van der Waals surface area contributed by atoms with Gasteiger partial charge < -0.3 is 20.4 Å². The molecule has 0 aliphatic heterocycles. The van der Waals surface area contributed by atoms with Crippen LogP contribution in [0.3, 0.4) is 0 Å². The van der Waals surface area contributed by atoms with Gasteiger partial charge in [0.25, 0.3) is 0 Å². The molecule has 0 fully saturated rings. The van der Waals surface area contributed by atoms with Gasteiger partial charge in [-0.25, -0.2) is 24.3 Å². The number of unbranched alkanes of at least 4 members (excludes halogenated alkanes) is 1. The molecule has 10 nitrogen and oxygen atoms in total. The average molecular weight is 302 g/mol. The molecule has 0 aliphatic rings. The molecule has 0 amide bonds. The van der Waals surface area contributed by atoms with E-state index in [1.54, 1.807) is 0 Å². The van der Waals surface area contributed by atoms with E-state index in [1.807, 2.05) is 6.92 Å². The minimum absolute atomic E-state index is 0.155. The summed E-state index contributed by atoms with van der Waals surface area (Å²) in [5.74, 6) is 0. The van der Waals surface area contributed by atoms with Gasteiger partial charge in [-0.05, 0) is 12.8 Å². The largest absolute Gasteiger partial charge is 0.503 e. The molecule has 0 aromatic carbocycles. The van der Waals surface area contributed by atoms with Gasteiger partial charge in [-0.1, -0.05) is 20.3 Å². The maximum atomic E-state index is 8.56. The molecule has 0 heterocycles. The quantitative estimate of drug-likeness (QED) is 0.255. The van der Waals surface area contributed by atoms with Crippen molar-refractivity contribution in [1.82, 2.24) is 0 Å². The summed E-state index contributed by atoms with van der Waals surface area (Å²) >= 11 is 0. The maximum Gasteiger partial charge on any atom is 0.503 e. The van der Waals surface area contributed by atoms with Crippen LogP contribution >= 0.6 is 0 Å². The van der Waals surface area contributed by atoms with Crippen molar-refractivity contribution < 1.29 is 49.9 Å². The minimum atomic E-state index is -1.83. The maximum absolute atomic E-state index is 8.56. The molecule has 0 aromatic rings. The van der Waals surface area contributed by atoms with Crippen molar-refractivity contribution in [3.63, 3.8) is 0 Å². The van der Waals surface area contributed by atoms with E-state index in [4.69, 9.17) is 45.0 Å². The van der Waals surface area contributed by atoms with Gasteiger partial charge in [0.2, 0.25) is 0 Å². The highest BCUT2D eigenvalue weighted by atomic mass is 17.2. The highest BCUT2D eigenvalue weighted by molar-refractivity contribution is 5.53. The second-order valence-electron chi connectivity index (χ2n) is 3.16. The molecule has 10 heteroatoms. The van der Waals surface area contributed by atoms with Crippen molar-refractivity contribution in [3.05, 3.63) is 0 Å². The predicted octanol–water partition coefficient (Wildman–Crippen LogP) is 2.45. The highest BCUT2D eigenvalue weighted by Crippen LogP contribution is 2.00. The van der Waals surface area contributed by atoms with Crippen molar-refractivity contribution in [2.24, 2.45) is 0 Å². The van der Waals surface area contributed by atoms with Gasteiger partial charge in [0, 0.05) is 0 Å². The van der Waals surface area contributed by atoms with E-state index >= 15 is 0 Å². The lowest BCUT2D eigenvalue weighted by molar-refractivity contribution is -0.354. The number of rotatable bonds is 8. The Hall–Kier alpha value is -1.62. The van der Waals surface area contributed by atoms with Crippen molar-refractivity contribution in [2.75, 3.05) is 13.2 Å². The predicted molar refractivity (Wildman–Crippen MR) is 65.9 cm³/mol. The van der Waals surface area contributed by atoms with Gasteiger partial charge >= 0.3 is 12.3 Å².